The monoisotopic (exact) mass is 437 g/mol. The van der Waals surface area contributed by atoms with Crippen LogP contribution < -0.4 is 5.32 Å². The van der Waals surface area contributed by atoms with Gasteiger partial charge in [-0.3, -0.25) is 4.79 Å². The molecule has 1 amide bonds. The van der Waals surface area contributed by atoms with E-state index in [1.165, 1.54) is 6.08 Å². The lowest BCUT2D eigenvalue weighted by Gasteiger charge is -2.43. The molecule has 0 spiro atoms. The number of allylic oxidation sites excluding steroid dienone is 2. The number of esters is 1. The molecule has 0 aromatic carbocycles. The first-order valence-corrected chi connectivity index (χ1v) is 11.8. The van der Waals surface area contributed by atoms with Gasteiger partial charge in [-0.1, -0.05) is 36.4 Å². The minimum atomic E-state index is -1.54. The normalized spacial score (nSPS) is 45.5. The van der Waals surface area contributed by atoms with Crippen molar-refractivity contribution in [3.8, 4) is 0 Å². The number of aliphatic hydroxyl groups is 1. The summed E-state index contributed by atoms with van der Waals surface area (Å²) in [6, 6.07) is -0.511. The Bertz CT molecular complexity index is 739. The number of nitrogens with one attached hydrogen (secondary N) is 1. The number of carbonyl (C=O) groups excluding carboxylic acids is 2. The van der Waals surface area contributed by atoms with E-state index in [1.807, 2.05) is 6.92 Å². The molecule has 2 N–H and O–H groups in total. The van der Waals surface area contributed by atoms with E-state index in [-0.39, 0.29) is 35.9 Å². The number of hydrogen-bond acceptors (Lipinski definition) is 7. The van der Waals surface area contributed by atoms with Gasteiger partial charge in [0, 0.05) is 24.7 Å². The summed E-state index contributed by atoms with van der Waals surface area (Å²) in [5, 5.41) is 13.9. The van der Waals surface area contributed by atoms with Crippen LogP contribution in [0.15, 0.2) is 23.8 Å². The summed E-state index contributed by atoms with van der Waals surface area (Å²) < 4.78 is 17.5. The molecular formula is C22H31NO6S. The van der Waals surface area contributed by atoms with Crippen LogP contribution in [0, 0.1) is 5.92 Å². The van der Waals surface area contributed by atoms with Gasteiger partial charge in [0.05, 0.1) is 18.2 Å². The van der Waals surface area contributed by atoms with Gasteiger partial charge >= 0.3 is 5.97 Å². The molecule has 0 aromatic heterocycles. The van der Waals surface area contributed by atoms with Gasteiger partial charge in [0.15, 0.2) is 5.79 Å². The Morgan fingerprint density at radius 3 is 2.80 bits per heavy atom. The third-order valence-electron chi connectivity index (χ3n) is 6.30. The summed E-state index contributed by atoms with van der Waals surface area (Å²) in [6.07, 6.45) is 9.56. The van der Waals surface area contributed by atoms with Gasteiger partial charge in [0.2, 0.25) is 0 Å². The molecule has 7 nitrogen and oxygen atoms in total. The molecule has 3 saturated heterocycles. The van der Waals surface area contributed by atoms with Crippen molar-refractivity contribution in [3.05, 3.63) is 23.8 Å². The van der Waals surface area contributed by atoms with Gasteiger partial charge in [-0.05, 0) is 38.5 Å². The van der Waals surface area contributed by atoms with E-state index in [1.54, 1.807) is 0 Å². The predicted octanol–water partition coefficient (Wildman–Crippen LogP) is 3.07. The summed E-state index contributed by atoms with van der Waals surface area (Å²) in [4.78, 5) is 24.1. The molecule has 7 atom stereocenters. The Morgan fingerprint density at radius 1 is 1.20 bits per heavy atom. The van der Waals surface area contributed by atoms with Crippen molar-refractivity contribution in [1.29, 1.82) is 0 Å². The zero-order valence-electron chi connectivity index (χ0n) is 17.5. The number of carbonyl (C=O) groups is 2. The van der Waals surface area contributed by atoms with Crippen molar-refractivity contribution in [2.45, 2.75) is 88.6 Å². The van der Waals surface area contributed by atoms with Crippen LogP contribution in [-0.4, -0.2) is 58.3 Å². The highest BCUT2D eigenvalue weighted by molar-refractivity contribution is 8.14. The number of thioether (sulfide) groups is 1. The molecule has 4 aliphatic rings. The minimum absolute atomic E-state index is 0.153. The Morgan fingerprint density at radius 2 is 2.03 bits per heavy atom. The van der Waals surface area contributed by atoms with E-state index < -0.39 is 17.9 Å². The van der Waals surface area contributed by atoms with Crippen molar-refractivity contribution >= 4 is 23.0 Å². The van der Waals surface area contributed by atoms with E-state index in [0.29, 0.717) is 18.1 Å². The van der Waals surface area contributed by atoms with Crippen LogP contribution >= 0.6 is 11.8 Å². The van der Waals surface area contributed by atoms with Gasteiger partial charge in [-0.15, -0.1) is 0 Å². The summed E-state index contributed by atoms with van der Waals surface area (Å²) in [5.74, 6) is -1.14. The average molecular weight is 438 g/mol. The van der Waals surface area contributed by atoms with Gasteiger partial charge in [-0.25, -0.2) is 4.79 Å². The SMILES string of the molecule is C/C1=C/C(=O)OC2CC(CC[C@H](C)/C=C\C3OC3CC1)O[C@@](O)(C1CSC(=O)N1)C2. The minimum Gasteiger partial charge on any atom is -0.459 e. The highest BCUT2D eigenvalue weighted by Crippen LogP contribution is 2.37. The molecule has 0 aromatic rings. The first kappa shape index (κ1) is 21.9. The molecule has 3 fully saturated rings. The fourth-order valence-corrected chi connectivity index (χ4v) is 5.34. The maximum atomic E-state index is 12.5. The summed E-state index contributed by atoms with van der Waals surface area (Å²) in [6.45, 7) is 4.08. The number of ether oxygens (including phenoxy) is 3. The van der Waals surface area contributed by atoms with E-state index in [9.17, 15) is 14.7 Å². The second-order valence-corrected chi connectivity index (χ2v) is 9.98. The van der Waals surface area contributed by atoms with Crippen LogP contribution in [0.5, 0.6) is 0 Å². The average Bonchev–Trinajstić information content (AvgIpc) is 3.29. The largest absolute Gasteiger partial charge is 0.459 e. The standard InChI is InChI=1S/C22H31NO6S/c1-13-3-6-15-10-16(11-22(26,29-15)19-12-30-21(25)23-19)27-20(24)9-14(2)5-8-18-17(28-18)7-4-13/h4,7,9,13,15-19,26H,3,5-6,8,10-12H2,1-2H3,(H,23,25)/b7-4-,14-9-/t13-,15?,16?,17?,18?,19?,22+/m0/s1. The van der Waals surface area contributed by atoms with Crippen LogP contribution in [-0.2, 0) is 19.0 Å². The van der Waals surface area contributed by atoms with E-state index in [0.717, 1.165) is 43.0 Å². The molecule has 4 rings (SSSR count). The molecule has 4 aliphatic heterocycles. The molecule has 0 saturated carbocycles. The first-order chi connectivity index (χ1) is 14.3. The number of epoxide rings is 1. The maximum absolute atomic E-state index is 12.5. The van der Waals surface area contributed by atoms with Crippen LogP contribution in [0.3, 0.4) is 0 Å². The fourth-order valence-electron chi connectivity index (χ4n) is 4.45. The maximum Gasteiger partial charge on any atom is 0.330 e. The lowest BCUT2D eigenvalue weighted by molar-refractivity contribution is -0.283. The zero-order valence-corrected chi connectivity index (χ0v) is 18.4. The highest BCUT2D eigenvalue weighted by Gasteiger charge is 2.49. The third kappa shape index (κ3) is 5.46. The van der Waals surface area contributed by atoms with Crippen LogP contribution in [0.1, 0.15) is 52.4 Å². The predicted molar refractivity (Wildman–Crippen MR) is 113 cm³/mol. The smallest absolute Gasteiger partial charge is 0.330 e. The lowest BCUT2D eigenvalue weighted by Crippen LogP contribution is -2.58. The van der Waals surface area contributed by atoms with Crippen molar-refractivity contribution in [3.63, 3.8) is 0 Å². The molecule has 166 valence electrons. The Labute approximate surface area is 181 Å². The fraction of sp³-hybridized carbons (Fsp3) is 0.727. The summed E-state index contributed by atoms with van der Waals surface area (Å²) in [5.41, 5.74) is 0.956. The zero-order chi connectivity index (χ0) is 21.3. The van der Waals surface area contributed by atoms with E-state index in [4.69, 9.17) is 14.2 Å². The molecule has 0 aliphatic carbocycles. The second kappa shape index (κ2) is 9.02. The van der Waals surface area contributed by atoms with Gasteiger partial charge < -0.3 is 24.6 Å². The second-order valence-electron chi connectivity index (χ2n) is 8.99. The quantitative estimate of drug-likeness (QED) is 0.370. The molecule has 30 heavy (non-hydrogen) atoms. The molecule has 0 radical (unpaired) electrons. The number of amides is 1. The van der Waals surface area contributed by atoms with Crippen molar-refractivity contribution in [2.75, 3.05) is 5.75 Å². The topological polar surface area (TPSA) is 97.4 Å². The number of hydrogen-bond donors (Lipinski definition) is 2. The molecule has 5 unspecified atom stereocenters. The van der Waals surface area contributed by atoms with Crippen LogP contribution in [0.25, 0.3) is 0 Å². The molecular weight excluding hydrogens is 406 g/mol. The lowest BCUT2D eigenvalue weighted by atomic mass is 9.90. The molecule has 2 bridgehead atoms. The third-order valence-corrected chi connectivity index (χ3v) is 7.18. The van der Waals surface area contributed by atoms with Gasteiger partial charge in [-0.2, -0.15) is 0 Å². The van der Waals surface area contributed by atoms with Crippen molar-refractivity contribution < 1.29 is 28.9 Å². The number of fused-ring (bicyclic) bond motifs is 3. The molecule has 8 heteroatoms. The Kier molecular flexibility index (Phi) is 6.58. The van der Waals surface area contributed by atoms with Crippen LogP contribution in [0.4, 0.5) is 4.79 Å². The van der Waals surface area contributed by atoms with Gasteiger partial charge in [0.25, 0.3) is 5.24 Å². The Hall–Kier alpha value is -1.35. The van der Waals surface area contributed by atoms with Crippen molar-refractivity contribution in [2.24, 2.45) is 5.92 Å². The molecule has 4 heterocycles. The summed E-state index contributed by atoms with van der Waals surface area (Å²) in [7, 11) is 0. The van der Waals surface area contributed by atoms with Crippen LogP contribution in [0.2, 0.25) is 0 Å². The van der Waals surface area contributed by atoms with Crippen molar-refractivity contribution in [1.82, 2.24) is 5.32 Å². The Balaban J connectivity index is 1.50. The van der Waals surface area contributed by atoms with E-state index in [2.05, 4.69) is 24.4 Å². The first-order valence-electron chi connectivity index (χ1n) is 10.9. The highest BCUT2D eigenvalue weighted by atomic mass is 32.2. The van der Waals surface area contributed by atoms with E-state index >= 15 is 0 Å². The summed E-state index contributed by atoms with van der Waals surface area (Å²) >= 11 is 1.13. The number of rotatable bonds is 1. The van der Waals surface area contributed by atoms with Gasteiger partial charge in [0.1, 0.15) is 12.2 Å².